The molecule has 0 bridgehead atoms. The molecule has 0 saturated heterocycles. The minimum atomic E-state index is -0.515. The van der Waals surface area contributed by atoms with E-state index in [0.717, 1.165) is 16.7 Å². The number of carbonyl (C=O) groups is 1. The Morgan fingerprint density at radius 3 is 2.36 bits per heavy atom. The van der Waals surface area contributed by atoms with Crippen molar-refractivity contribution in [3.05, 3.63) is 60.2 Å². The summed E-state index contributed by atoms with van der Waals surface area (Å²) in [6, 6.07) is 17.9. The maximum absolute atomic E-state index is 10.6. The van der Waals surface area contributed by atoms with E-state index in [0.29, 0.717) is 0 Å². The van der Waals surface area contributed by atoms with Gasteiger partial charge in [0.15, 0.2) is 0 Å². The van der Waals surface area contributed by atoms with Crippen molar-refractivity contribution in [2.24, 2.45) is 15.9 Å². The molecule has 2 aromatic carbocycles. The molecule has 2 rings (SSSR count). The molecule has 0 radical (unpaired) electrons. The van der Waals surface area contributed by atoms with Crippen molar-refractivity contribution < 1.29 is 9.63 Å². The SMILES string of the molecule is CC(=O)ONC(N)=NN=Cc1ccc(-c2ccccc2)cc1. The van der Waals surface area contributed by atoms with Gasteiger partial charge in [-0.1, -0.05) is 54.6 Å². The highest BCUT2D eigenvalue weighted by Crippen LogP contribution is 2.18. The molecule has 0 unspecified atom stereocenters. The summed E-state index contributed by atoms with van der Waals surface area (Å²) in [5.41, 5.74) is 10.8. The molecule has 0 saturated carbocycles. The third-order valence-electron chi connectivity index (χ3n) is 2.69. The van der Waals surface area contributed by atoms with Gasteiger partial charge in [-0.2, -0.15) is 10.6 Å². The number of rotatable bonds is 3. The van der Waals surface area contributed by atoms with Gasteiger partial charge in [-0.15, -0.1) is 5.10 Å². The highest BCUT2D eigenvalue weighted by molar-refractivity contribution is 5.83. The molecular formula is C16H16N4O2. The second kappa shape index (κ2) is 7.58. The third kappa shape index (κ3) is 4.75. The van der Waals surface area contributed by atoms with Gasteiger partial charge in [0, 0.05) is 6.92 Å². The summed E-state index contributed by atoms with van der Waals surface area (Å²) in [6.07, 6.45) is 1.55. The molecule has 0 aliphatic carbocycles. The van der Waals surface area contributed by atoms with Crippen LogP contribution in [0.2, 0.25) is 0 Å². The van der Waals surface area contributed by atoms with E-state index < -0.39 is 5.97 Å². The van der Waals surface area contributed by atoms with Crippen LogP contribution in [0.5, 0.6) is 0 Å². The zero-order chi connectivity index (χ0) is 15.8. The van der Waals surface area contributed by atoms with E-state index in [-0.39, 0.29) is 5.96 Å². The van der Waals surface area contributed by atoms with Crippen molar-refractivity contribution in [1.29, 1.82) is 0 Å². The number of nitrogens with one attached hydrogen (secondary N) is 1. The number of benzene rings is 2. The molecule has 0 aliphatic heterocycles. The van der Waals surface area contributed by atoms with E-state index in [1.807, 2.05) is 42.5 Å². The Morgan fingerprint density at radius 2 is 1.73 bits per heavy atom. The van der Waals surface area contributed by atoms with Crippen LogP contribution in [-0.2, 0) is 9.63 Å². The highest BCUT2D eigenvalue weighted by Gasteiger charge is 1.96. The molecular weight excluding hydrogens is 280 g/mol. The van der Waals surface area contributed by atoms with Crippen molar-refractivity contribution in [2.45, 2.75) is 6.92 Å². The molecule has 0 fully saturated rings. The van der Waals surface area contributed by atoms with Crippen molar-refractivity contribution in [2.75, 3.05) is 0 Å². The van der Waals surface area contributed by atoms with Crippen LogP contribution in [0.4, 0.5) is 0 Å². The Kier molecular flexibility index (Phi) is 5.25. The average molecular weight is 296 g/mol. The predicted octanol–water partition coefficient (Wildman–Crippen LogP) is 2.07. The van der Waals surface area contributed by atoms with E-state index in [1.165, 1.54) is 6.92 Å². The molecule has 22 heavy (non-hydrogen) atoms. The smallest absolute Gasteiger partial charge is 0.329 e. The Hall–Kier alpha value is -3.15. The lowest BCUT2D eigenvalue weighted by molar-refractivity contribution is -0.145. The molecule has 2 aromatic rings. The normalized spacial score (nSPS) is 11.4. The summed E-state index contributed by atoms with van der Waals surface area (Å²) >= 11 is 0. The number of carbonyl (C=O) groups excluding carboxylic acids is 1. The Labute approximate surface area is 128 Å². The van der Waals surface area contributed by atoms with Crippen LogP contribution in [-0.4, -0.2) is 18.1 Å². The predicted molar refractivity (Wildman–Crippen MR) is 86.0 cm³/mol. The number of hydroxylamine groups is 1. The van der Waals surface area contributed by atoms with E-state index in [9.17, 15) is 4.79 Å². The number of nitrogens with zero attached hydrogens (tertiary/aromatic N) is 2. The maximum Gasteiger partial charge on any atom is 0.329 e. The van der Waals surface area contributed by atoms with Gasteiger partial charge >= 0.3 is 5.97 Å². The largest absolute Gasteiger partial charge is 0.366 e. The average Bonchev–Trinajstić information content (AvgIpc) is 2.54. The molecule has 0 atom stereocenters. The summed E-state index contributed by atoms with van der Waals surface area (Å²) in [5, 5.41) is 7.45. The second-order valence-electron chi connectivity index (χ2n) is 4.41. The first-order valence-corrected chi connectivity index (χ1v) is 6.60. The van der Waals surface area contributed by atoms with Gasteiger partial charge in [0.1, 0.15) is 0 Å². The monoisotopic (exact) mass is 296 g/mol. The van der Waals surface area contributed by atoms with E-state index in [4.69, 9.17) is 5.73 Å². The van der Waals surface area contributed by atoms with Crippen molar-refractivity contribution in [3.8, 4) is 11.1 Å². The van der Waals surface area contributed by atoms with Gasteiger partial charge in [-0.3, -0.25) is 4.79 Å². The van der Waals surface area contributed by atoms with Gasteiger partial charge in [0.2, 0.25) is 5.96 Å². The number of hydrogen-bond donors (Lipinski definition) is 2. The molecule has 0 heterocycles. The van der Waals surface area contributed by atoms with Crippen LogP contribution in [0, 0.1) is 0 Å². The lowest BCUT2D eigenvalue weighted by Crippen LogP contribution is -2.32. The standard InChI is InChI=1S/C16H16N4O2/c1-12(21)22-20-16(17)19-18-11-13-7-9-15(10-8-13)14-5-3-2-4-6-14/h2-11H,1H3,(H3,17,19,20). The summed E-state index contributed by atoms with van der Waals surface area (Å²) in [6.45, 7) is 1.25. The zero-order valence-electron chi connectivity index (χ0n) is 12.1. The molecule has 0 amide bonds. The van der Waals surface area contributed by atoms with Crippen LogP contribution in [0.15, 0.2) is 64.8 Å². The fourth-order valence-electron chi connectivity index (χ4n) is 1.69. The summed E-state index contributed by atoms with van der Waals surface area (Å²) in [4.78, 5) is 15.0. The zero-order valence-corrected chi connectivity index (χ0v) is 12.1. The Bertz CT molecular complexity index is 679. The fraction of sp³-hybridized carbons (Fsp3) is 0.0625. The van der Waals surface area contributed by atoms with Crippen LogP contribution >= 0.6 is 0 Å². The molecule has 112 valence electrons. The van der Waals surface area contributed by atoms with E-state index in [1.54, 1.807) is 6.21 Å². The molecule has 0 aromatic heterocycles. The van der Waals surface area contributed by atoms with Crippen LogP contribution in [0.1, 0.15) is 12.5 Å². The summed E-state index contributed by atoms with van der Waals surface area (Å²) in [7, 11) is 0. The maximum atomic E-state index is 10.6. The molecule has 6 nitrogen and oxygen atoms in total. The lowest BCUT2D eigenvalue weighted by Gasteiger charge is -2.01. The second-order valence-corrected chi connectivity index (χ2v) is 4.41. The first-order valence-electron chi connectivity index (χ1n) is 6.60. The quantitative estimate of drug-likeness (QED) is 0.515. The van der Waals surface area contributed by atoms with Gasteiger partial charge in [0.25, 0.3) is 0 Å². The van der Waals surface area contributed by atoms with E-state index in [2.05, 4.69) is 32.7 Å². The van der Waals surface area contributed by atoms with Gasteiger partial charge < -0.3 is 10.6 Å². The van der Waals surface area contributed by atoms with Crippen LogP contribution < -0.4 is 11.2 Å². The van der Waals surface area contributed by atoms with Crippen molar-refractivity contribution >= 4 is 18.1 Å². The van der Waals surface area contributed by atoms with Gasteiger partial charge in [0.05, 0.1) is 6.21 Å². The minimum Gasteiger partial charge on any atom is -0.366 e. The molecule has 0 spiro atoms. The van der Waals surface area contributed by atoms with Gasteiger partial charge in [-0.25, -0.2) is 0 Å². The first kappa shape index (κ1) is 15.2. The van der Waals surface area contributed by atoms with Crippen molar-refractivity contribution in [3.63, 3.8) is 0 Å². The molecule has 6 heteroatoms. The summed E-state index contributed by atoms with van der Waals surface area (Å²) in [5.74, 6) is -0.619. The topological polar surface area (TPSA) is 89.1 Å². The Balaban J connectivity index is 1.98. The number of hydrogen-bond acceptors (Lipinski definition) is 4. The third-order valence-corrected chi connectivity index (χ3v) is 2.69. The lowest BCUT2D eigenvalue weighted by atomic mass is 10.0. The fourth-order valence-corrected chi connectivity index (χ4v) is 1.69. The van der Waals surface area contributed by atoms with Crippen molar-refractivity contribution in [1.82, 2.24) is 5.48 Å². The van der Waals surface area contributed by atoms with Crippen LogP contribution in [0.25, 0.3) is 11.1 Å². The van der Waals surface area contributed by atoms with E-state index >= 15 is 0 Å². The molecule has 3 N–H and O–H groups in total. The van der Waals surface area contributed by atoms with Gasteiger partial charge in [-0.05, 0) is 16.7 Å². The minimum absolute atomic E-state index is 0.104. The number of guanidine groups is 1. The number of nitrogens with two attached hydrogens (primary N) is 1. The first-order chi connectivity index (χ1) is 10.6. The Morgan fingerprint density at radius 1 is 1.09 bits per heavy atom. The van der Waals surface area contributed by atoms with Crippen LogP contribution in [0.3, 0.4) is 0 Å². The highest BCUT2D eigenvalue weighted by atomic mass is 16.7. The summed E-state index contributed by atoms with van der Waals surface area (Å²) < 4.78 is 0. The molecule has 0 aliphatic rings.